The van der Waals surface area contributed by atoms with E-state index in [1.807, 2.05) is 42.5 Å². The molecule has 160 valence electrons. The maximum absolute atomic E-state index is 6.16. The van der Waals surface area contributed by atoms with E-state index in [4.69, 9.17) is 9.47 Å². The number of nitrogens with one attached hydrogen (secondary N) is 2. The molecule has 0 saturated carbocycles. The lowest BCUT2D eigenvalue weighted by Gasteiger charge is -2.16. The molecule has 0 fully saturated rings. The van der Waals surface area contributed by atoms with Crippen LogP contribution in [0.15, 0.2) is 71.2 Å². The summed E-state index contributed by atoms with van der Waals surface area (Å²) in [6, 6.07) is 22.3. The standard InChI is InChI=1S/C25H26BrN3O2/c1-30-23-15-20(26)14-19(25(23)31-17-18-8-3-2-4-9-18)16-27-13-7-12-24-28-21-10-5-6-11-22(21)29-24/h2-6,8-11,14-15,27H,7,12-13,16-17H2,1H3,(H,28,29). The van der Waals surface area contributed by atoms with Crippen LogP contribution >= 0.6 is 15.9 Å². The van der Waals surface area contributed by atoms with E-state index in [1.165, 1.54) is 0 Å². The average molecular weight is 480 g/mol. The first-order chi connectivity index (χ1) is 15.2. The van der Waals surface area contributed by atoms with E-state index >= 15 is 0 Å². The number of rotatable bonds is 10. The van der Waals surface area contributed by atoms with Crippen LogP contribution in [0.1, 0.15) is 23.4 Å². The summed E-state index contributed by atoms with van der Waals surface area (Å²) in [4.78, 5) is 8.03. The van der Waals surface area contributed by atoms with Crippen LogP contribution in [0.2, 0.25) is 0 Å². The van der Waals surface area contributed by atoms with E-state index in [0.29, 0.717) is 13.2 Å². The average Bonchev–Trinajstić information content (AvgIpc) is 3.21. The number of hydrogen-bond acceptors (Lipinski definition) is 4. The zero-order valence-corrected chi connectivity index (χ0v) is 19.1. The molecule has 0 unspecified atom stereocenters. The molecule has 0 amide bonds. The van der Waals surface area contributed by atoms with Crippen molar-refractivity contribution in [2.45, 2.75) is 26.0 Å². The molecule has 3 aromatic carbocycles. The van der Waals surface area contributed by atoms with Gasteiger partial charge in [0.1, 0.15) is 12.4 Å². The molecule has 0 atom stereocenters. The van der Waals surface area contributed by atoms with Crippen molar-refractivity contribution < 1.29 is 9.47 Å². The number of aromatic nitrogens is 2. The van der Waals surface area contributed by atoms with Crippen LogP contribution in [0.4, 0.5) is 0 Å². The lowest BCUT2D eigenvalue weighted by Crippen LogP contribution is -2.16. The van der Waals surface area contributed by atoms with E-state index in [1.54, 1.807) is 7.11 Å². The Morgan fingerprint density at radius 1 is 1.03 bits per heavy atom. The number of halogens is 1. The summed E-state index contributed by atoms with van der Waals surface area (Å²) in [6.45, 7) is 2.07. The molecule has 0 spiro atoms. The Labute approximate surface area is 190 Å². The molecule has 1 aromatic heterocycles. The van der Waals surface area contributed by atoms with Gasteiger partial charge in [0.25, 0.3) is 0 Å². The predicted molar refractivity (Wildman–Crippen MR) is 128 cm³/mol. The van der Waals surface area contributed by atoms with Crippen LogP contribution in [0.3, 0.4) is 0 Å². The van der Waals surface area contributed by atoms with Gasteiger partial charge in [-0.1, -0.05) is 58.4 Å². The minimum atomic E-state index is 0.498. The van der Waals surface area contributed by atoms with Gasteiger partial charge in [-0.25, -0.2) is 4.98 Å². The number of ether oxygens (including phenoxy) is 2. The molecule has 31 heavy (non-hydrogen) atoms. The number of para-hydroxylation sites is 2. The van der Waals surface area contributed by atoms with Gasteiger partial charge >= 0.3 is 0 Å². The van der Waals surface area contributed by atoms with Crippen molar-refractivity contribution >= 4 is 27.0 Å². The highest BCUT2D eigenvalue weighted by molar-refractivity contribution is 9.10. The van der Waals surface area contributed by atoms with Gasteiger partial charge in [0.2, 0.25) is 0 Å². The van der Waals surface area contributed by atoms with Crippen molar-refractivity contribution in [1.82, 2.24) is 15.3 Å². The molecule has 5 nitrogen and oxygen atoms in total. The van der Waals surface area contributed by atoms with Gasteiger partial charge in [0.05, 0.1) is 18.1 Å². The van der Waals surface area contributed by atoms with Crippen LogP contribution in [0, 0.1) is 0 Å². The van der Waals surface area contributed by atoms with Crippen LogP contribution in [0.25, 0.3) is 11.0 Å². The molecule has 0 radical (unpaired) electrons. The summed E-state index contributed by atoms with van der Waals surface area (Å²) in [5.74, 6) is 2.53. The fourth-order valence-electron chi connectivity index (χ4n) is 3.53. The van der Waals surface area contributed by atoms with Crippen LogP contribution in [-0.2, 0) is 19.6 Å². The van der Waals surface area contributed by atoms with E-state index < -0.39 is 0 Å². The third-order valence-corrected chi connectivity index (χ3v) is 5.52. The number of imidazole rings is 1. The zero-order valence-electron chi connectivity index (χ0n) is 17.5. The van der Waals surface area contributed by atoms with Crippen molar-refractivity contribution in [3.8, 4) is 11.5 Å². The SMILES string of the molecule is COc1cc(Br)cc(CNCCCc2nc3ccccc3[nH]2)c1OCc1ccccc1. The molecule has 0 saturated heterocycles. The molecular weight excluding hydrogens is 454 g/mol. The van der Waals surface area contributed by atoms with Gasteiger partial charge in [0, 0.05) is 23.0 Å². The third kappa shape index (κ3) is 5.66. The molecule has 1 heterocycles. The van der Waals surface area contributed by atoms with E-state index in [9.17, 15) is 0 Å². The molecule has 4 rings (SSSR count). The van der Waals surface area contributed by atoms with Crippen LogP contribution < -0.4 is 14.8 Å². The maximum atomic E-state index is 6.16. The molecule has 6 heteroatoms. The Morgan fingerprint density at radius 3 is 2.65 bits per heavy atom. The Bertz CT molecular complexity index is 1100. The van der Waals surface area contributed by atoms with Gasteiger partial charge in [-0.15, -0.1) is 0 Å². The van der Waals surface area contributed by atoms with Crippen molar-refractivity contribution in [2.24, 2.45) is 0 Å². The third-order valence-electron chi connectivity index (χ3n) is 5.06. The fourth-order valence-corrected chi connectivity index (χ4v) is 4.01. The topological polar surface area (TPSA) is 59.2 Å². The second-order valence-electron chi connectivity index (χ2n) is 7.35. The van der Waals surface area contributed by atoms with Crippen molar-refractivity contribution in [3.63, 3.8) is 0 Å². The number of fused-ring (bicyclic) bond motifs is 1. The maximum Gasteiger partial charge on any atom is 0.166 e. The second kappa shape index (κ2) is 10.5. The summed E-state index contributed by atoms with van der Waals surface area (Å²) < 4.78 is 12.7. The molecule has 0 aliphatic heterocycles. The quantitative estimate of drug-likeness (QED) is 0.289. The number of aromatic amines is 1. The Morgan fingerprint density at radius 2 is 1.84 bits per heavy atom. The minimum Gasteiger partial charge on any atom is -0.493 e. The predicted octanol–water partition coefficient (Wildman–Crippen LogP) is 5.64. The lowest BCUT2D eigenvalue weighted by molar-refractivity contribution is 0.280. The summed E-state index contributed by atoms with van der Waals surface area (Å²) in [6.07, 6.45) is 1.89. The van der Waals surface area contributed by atoms with Crippen LogP contribution in [-0.4, -0.2) is 23.6 Å². The van der Waals surface area contributed by atoms with Crippen LogP contribution in [0.5, 0.6) is 11.5 Å². The summed E-state index contributed by atoms with van der Waals surface area (Å²) in [5.41, 5.74) is 4.29. The number of H-pyrrole nitrogens is 1. The molecule has 4 aromatic rings. The monoisotopic (exact) mass is 479 g/mol. The number of methoxy groups -OCH3 is 1. The zero-order chi connectivity index (χ0) is 21.5. The summed E-state index contributed by atoms with van der Waals surface area (Å²) in [5, 5.41) is 3.52. The van der Waals surface area contributed by atoms with Crippen molar-refractivity contribution in [2.75, 3.05) is 13.7 Å². The van der Waals surface area contributed by atoms with Gasteiger partial charge in [-0.3, -0.25) is 0 Å². The molecule has 0 aliphatic carbocycles. The Hall–Kier alpha value is -2.83. The second-order valence-corrected chi connectivity index (χ2v) is 8.27. The number of hydrogen-bond donors (Lipinski definition) is 2. The highest BCUT2D eigenvalue weighted by Gasteiger charge is 2.13. The van der Waals surface area contributed by atoms with Crippen molar-refractivity contribution in [3.05, 3.63) is 88.2 Å². The van der Waals surface area contributed by atoms with Crippen molar-refractivity contribution in [1.29, 1.82) is 0 Å². The first-order valence-electron chi connectivity index (χ1n) is 10.4. The highest BCUT2D eigenvalue weighted by Crippen LogP contribution is 2.35. The molecule has 0 aliphatic rings. The van der Waals surface area contributed by atoms with E-state index in [2.05, 4.69) is 55.5 Å². The minimum absolute atomic E-state index is 0.498. The van der Waals surface area contributed by atoms with E-state index in [-0.39, 0.29) is 0 Å². The van der Waals surface area contributed by atoms with Gasteiger partial charge in [0.15, 0.2) is 11.5 Å². The molecule has 2 N–H and O–H groups in total. The first-order valence-corrected chi connectivity index (χ1v) is 11.2. The molecular formula is C25H26BrN3O2. The van der Waals surface area contributed by atoms with E-state index in [0.717, 1.165) is 63.3 Å². The van der Waals surface area contributed by atoms with Gasteiger partial charge < -0.3 is 19.8 Å². The smallest absolute Gasteiger partial charge is 0.166 e. The Kier molecular flexibility index (Phi) is 7.22. The largest absolute Gasteiger partial charge is 0.493 e. The van der Waals surface area contributed by atoms with Gasteiger partial charge in [-0.2, -0.15) is 0 Å². The lowest BCUT2D eigenvalue weighted by atomic mass is 10.1. The summed E-state index contributed by atoms with van der Waals surface area (Å²) in [7, 11) is 1.67. The molecule has 0 bridgehead atoms. The Balaban J connectivity index is 1.34. The highest BCUT2D eigenvalue weighted by atomic mass is 79.9. The first kappa shape index (κ1) is 21.4. The fraction of sp³-hybridized carbons (Fsp3) is 0.240. The number of nitrogens with zero attached hydrogens (tertiary/aromatic N) is 1. The van der Waals surface area contributed by atoms with Gasteiger partial charge in [-0.05, 0) is 42.8 Å². The number of benzene rings is 3. The number of aryl methyl sites for hydroxylation is 1. The normalized spacial score (nSPS) is 11.0. The summed E-state index contributed by atoms with van der Waals surface area (Å²) >= 11 is 3.58.